The fourth-order valence-corrected chi connectivity index (χ4v) is 1.87. The molecule has 0 aliphatic carbocycles. The number of rotatable bonds is 5. The third-order valence-electron chi connectivity index (χ3n) is 2.75. The second-order valence-corrected chi connectivity index (χ2v) is 4.51. The van der Waals surface area contributed by atoms with E-state index in [4.69, 9.17) is 22.1 Å². The van der Waals surface area contributed by atoms with Crippen molar-refractivity contribution in [2.75, 3.05) is 6.54 Å². The molecule has 18 heavy (non-hydrogen) atoms. The number of halogens is 1. The summed E-state index contributed by atoms with van der Waals surface area (Å²) in [7, 11) is 0. The van der Waals surface area contributed by atoms with Gasteiger partial charge in [0.15, 0.2) is 0 Å². The highest BCUT2D eigenvalue weighted by molar-refractivity contribution is 6.30. The highest BCUT2D eigenvalue weighted by atomic mass is 35.5. The molecule has 0 saturated heterocycles. The summed E-state index contributed by atoms with van der Waals surface area (Å²) in [6, 6.07) is 17.7. The van der Waals surface area contributed by atoms with E-state index in [1.165, 1.54) is 0 Å². The molecule has 1 atom stereocenters. The monoisotopic (exact) mass is 261 g/mol. The Bertz CT molecular complexity index is 470. The van der Waals surface area contributed by atoms with Crippen LogP contribution in [0.15, 0.2) is 54.6 Å². The first-order valence-electron chi connectivity index (χ1n) is 5.90. The zero-order valence-electron chi connectivity index (χ0n) is 10.1. The Hall–Kier alpha value is -1.35. The summed E-state index contributed by atoms with van der Waals surface area (Å²) in [5.74, 6) is 0. The second kappa shape index (κ2) is 6.55. The fraction of sp³-hybridized carbons (Fsp3) is 0.200. The number of hydrogen-bond donors (Lipinski definition) is 1. The van der Waals surface area contributed by atoms with Crippen molar-refractivity contribution in [2.45, 2.75) is 12.7 Å². The molecule has 2 aromatic carbocycles. The molecule has 94 valence electrons. The smallest absolute Gasteiger partial charge is 0.0951 e. The van der Waals surface area contributed by atoms with Gasteiger partial charge in [0, 0.05) is 11.6 Å². The Morgan fingerprint density at radius 2 is 1.67 bits per heavy atom. The lowest BCUT2D eigenvalue weighted by molar-refractivity contribution is 0.0456. The highest BCUT2D eigenvalue weighted by Gasteiger charge is 2.09. The van der Waals surface area contributed by atoms with E-state index in [2.05, 4.69) is 0 Å². The number of benzene rings is 2. The molecule has 0 amide bonds. The van der Waals surface area contributed by atoms with Crippen LogP contribution < -0.4 is 5.73 Å². The van der Waals surface area contributed by atoms with Crippen molar-refractivity contribution in [1.82, 2.24) is 0 Å². The van der Waals surface area contributed by atoms with Crippen LogP contribution in [-0.2, 0) is 11.3 Å². The van der Waals surface area contributed by atoms with Crippen LogP contribution in [-0.4, -0.2) is 6.54 Å². The molecule has 0 fully saturated rings. The Morgan fingerprint density at radius 3 is 2.28 bits per heavy atom. The Kier molecular flexibility index (Phi) is 4.76. The van der Waals surface area contributed by atoms with Crippen molar-refractivity contribution < 1.29 is 4.74 Å². The molecule has 2 aromatic rings. The van der Waals surface area contributed by atoms with Crippen molar-refractivity contribution in [3.05, 3.63) is 70.7 Å². The van der Waals surface area contributed by atoms with Crippen LogP contribution in [0.3, 0.4) is 0 Å². The van der Waals surface area contributed by atoms with Crippen molar-refractivity contribution in [2.24, 2.45) is 5.73 Å². The van der Waals surface area contributed by atoms with Crippen LogP contribution in [0, 0.1) is 0 Å². The largest absolute Gasteiger partial charge is 0.368 e. The summed E-state index contributed by atoms with van der Waals surface area (Å²) >= 11 is 5.84. The molecule has 0 aromatic heterocycles. The van der Waals surface area contributed by atoms with Crippen LogP contribution >= 0.6 is 11.6 Å². The van der Waals surface area contributed by atoms with Crippen molar-refractivity contribution in [3.63, 3.8) is 0 Å². The zero-order chi connectivity index (χ0) is 12.8. The van der Waals surface area contributed by atoms with Crippen molar-refractivity contribution >= 4 is 11.6 Å². The van der Waals surface area contributed by atoms with Gasteiger partial charge in [0.2, 0.25) is 0 Å². The summed E-state index contributed by atoms with van der Waals surface area (Å²) in [6.07, 6.45) is -0.0677. The van der Waals surface area contributed by atoms with Gasteiger partial charge < -0.3 is 10.5 Å². The maximum Gasteiger partial charge on any atom is 0.0951 e. The third-order valence-corrected chi connectivity index (χ3v) is 3.00. The third kappa shape index (κ3) is 3.57. The number of nitrogens with two attached hydrogens (primary N) is 1. The number of hydrogen-bond acceptors (Lipinski definition) is 2. The summed E-state index contributed by atoms with van der Waals surface area (Å²) in [5, 5.41) is 0.734. The number of ether oxygens (including phenoxy) is 1. The Balaban J connectivity index is 1.97. The molecular weight excluding hydrogens is 246 g/mol. The van der Waals surface area contributed by atoms with E-state index in [1.807, 2.05) is 54.6 Å². The van der Waals surface area contributed by atoms with E-state index in [0.29, 0.717) is 13.2 Å². The van der Waals surface area contributed by atoms with Gasteiger partial charge in [-0.3, -0.25) is 0 Å². The van der Waals surface area contributed by atoms with E-state index in [9.17, 15) is 0 Å². The van der Waals surface area contributed by atoms with Gasteiger partial charge in [-0.25, -0.2) is 0 Å². The first-order valence-corrected chi connectivity index (χ1v) is 6.28. The molecule has 0 aliphatic rings. The van der Waals surface area contributed by atoms with E-state index in [-0.39, 0.29) is 6.10 Å². The lowest BCUT2D eigenvalue weighted by Crippen LogP contribution is -2.15. The molecule has 0 heterocycles. The van der Waals surface area contributed by atoms with Gasteiger partial charge in [0.05, 0.1) is 12.7 Å². The van der Waals surface area contributed by atoms with Crippen molar-refractivity contribution in [3.8, 4) is 0 Å². The fourth-order valence-electron chi connectivity index (χ4n) is 1.75. The average Bonchev–Trinajstić information content (AvgIpc) is 2.43. The van der Waals surface area contributed by atoms with Gasteiger partial charge in [-0.1, -0.05) is 54.1 Å². The minimum atomic E-state index is -0.0677. The molecule has 2 nitrogen and oxygen atoms in total. The van der Waals surface area contributed by atoms with Crippen LogP contribution in [0.4, 0.5) is 0 Å². The first kappa shape index (κ1) is 13.1. The van der Waals surface area contributed by atoms with Crippen molar-refractivity contribution in [1.29, 1.82) is 0 Å². The Morgan fingerprint density at radius 1 is 1.00 bits per heavy atom. The van der Waals surface area contributed by atoms with E-state index in [0.717, 1.165) is 16.1 Å². The summed E-state index contributed by atoms with van der Waals surface area (Å²) in [6.45, 7) is 1.01. The molecular formula is C15H16ClNO. The zero-order valence-corrected chi connectivity index (χ0v) is 10.8. The second-order valence-electron chi connectivity index (χ2n) is 4.07. The summed E-state index contributed by atoms with van der Waals surface area (Å²) < 4.78 is 5.84. The lowest BCUT2D eigenvalue weighted by atomic mass is 10.1. The maximum absolute atomic E-state index is 5.84. The molecule has 0 radical (unpaired) electrons. The predicted octanol–water partition coefficient (Wildman–Crippen LogP) is 3.56. The molecule has 0 bridgehead atoms. The molecule has 2 rings (SSSR count). The molecule has 0 unspecified atom stereocenters. The van der Waals surface area contributed by atoms with Crippen LogP contribution in [0.1, 0.15) is 17.2 Å². The molecule has 0 spiro atoms. The molecule has 2 N–H and O–H groups in total. The predicted molar refractivity (Wildman–Crippen MR) is 74.5 cm³/mol. The molecule has 3 heteroatoms. The van der Waals surface area contributed by atoms with Crippen LogP contribution in [0.5, 0.6) is 0 Å². The van der Waals surface area contributed by atoms with Gasteiger partial charge in [0.25, 0.3) is 0 Å². The molecule has 0 saturated carbocycles. The lowest BCUT2D eigenvalue weighted by Gasteiger charge is -2.16. The minimum Gasteiger partial charge on any atom is -0.368 e. The maximum atomic E-state index is 5.84. The van der Waals surface area contributed by atoms with E-state index < -0.39 is 0 Å². The highest BCUT2D eigenvalue weighted by Crippen LogP contribution is 2.18. The molecule has 0 aliphatic heterocycles. The minimum absolute atomic E-state index is 0.0677. The average molecular weight is 262 g/mol. The van der Waals surface area contributed by atoms with Crippen LogP contribution in [0.2, 0.25) is 5.02 Å². The van der Waals surface area contributed by atoms with Gasteiger partial charge in [-0.2, -0.15) is 0 Å². The summed E-state index contributed by atoms with van der Waals surface area (Å²) in [5.41, 5.74) is 7.94. The summed E-state index contributed by atoms with van der Waals surface area (Å²) in [4.78, 5) is 0. The van der Waals surface area contributed by atoms with Gasteiger partial charge in [-0.15, -0.1) is 0 Å². The Labute approximate surface area is 112 Å². The normalized spacial score (nSPS) is 12.3. The van der Waals surface area contributed by atoms with Crippen LogP contribution in [0.25, 0.3) is 0 Å². The van der Waals surface area contributed by atoms with E-state index >= 15 is 0 Å². The quantitative estimate of drug-likeness (QED) is 0.893. The van der Waals surface area contributed by atoms with E-state index in [1.54, 1.807) is 0 Å². The first-order chi connectivity index (χ1) is 8.79. The van der Waals surface area contributed by atoms with Gasteiger partial charge in [0.1, 0.15) is 0 Å². The topological polar surface area (TPSA) is 35.2 Å². The van der Waals surface area contributed by atoms with Gasteiger partial charge >= 0.3 is 0 Å². The standard InChI is InChI=1S/C15H16ClNO/c16-14-8-6-12(7-9-14)11-18-15(10-17)13-4-2-1-3-5-13/h1-9,15H,10-11,17H2/t15-/m1/s1. The SMILES string of the molecule is NC[C@@H](OCc1ccc(Cl)cc1)c1ccccc1. The van der Waals surface area contributed by atoms with Gasteiger partial charge in [-0.05, 0) is 23.3 Å².